The average Bonchev–Trinajstić information content (AvgIpc) is 2.29. The third-order valence-electron chi connectivity index (χ3n) is 2.76. The van der Waals surface area contributed by atoms with Crippen molar-refractivity contribution in [2.24, 2.45) is 5.73 Å². The Morgan fingerprint density at radius 2 is 1.80 bits per heavy atom. The van der Waals surface area contributed by atoms with Crippen molar-refractivity contribution in [2.45, 2.75) is 13.0 Å². The predicted molar refractivity (Wildman–Crippen MR) is 62.7 cm³/mol. The molecular weight excluding hydrogens is 186 g/mol. The number of hydrogen-bond acceptors (Lipinski definition) is 2. The Bertz CT molecular complexity index is 479. The number of aliphatic hydroxyl groups excluding tert-OH is 1. The lowest BCUT2D eigenvalue weighted by molar-refractivity contribution is 0.188. The van der Waals surface area contributed by atoms with Gasteiger partial charge in [0.2, 0.25) is 0 Å². The first-order chi connectivity index (χ1) is 7.24. The summed E-state index contributed by atoms with van der Waals surface area (Å²) in [6.07, 6.45) is -0.574. The van der Waals surface area contributed by atoms with Crippen molar-refractivity contribution in [3.05, 3.63) is 47.5 Å². The fraction of sp³-hybridized carbons (Fsp3) is 0.231. The molecule has 0 radical (unpaired) electrons. The standard InChI is InChI=1S/C13H15NO/c1-9-6-7-12(13(15)8-14)11-5-3-2-4-10(9)11/h2-7,13,15H,8,14H2,1H3/t13-/m0/s1. The molecule has 0 aliphatic carbocycles. The molecule has 0 saturated heterocycles. The zero-order valence-corrected chi connectivity index (χ0v) is 8.77. The third-order valence-corrected chi connectivity index (χ3v) is 2.76. The highest BCUT2D eigenvalue weighted by molar-refractivity contribution is 5.88. The van der Waals surface area contributed by atoms with E-state index in [2.05, 4.69) is 13.0 Å². The zero-order valence-electron chi connectivity index (χ0n) is 8.77. The second kappa shape index (κ2) is 4.01. The number of rotatable bonds is 2. The van der Waals surface area contributed by atoms with Crippen molar-refractivity contribution in [2.75, 3.05) is 6.54 Å². The summed E-state index contributed by atoms with van der Waals surface area (Å²) in [7, 11) is 0. The summed E-state index contributed by atoms with van der Waals surface area (Å²) in [4.78, 5) is 0. The number of hydrogen-bond donors (Lipinski definition) is 2. The van der Waals surface area contributed by atoms with Gasteiger partial charge in [0.25, 0.3) is 0 Å². The molecule has 0 aliphatic rings. The van der Waals surface area contributed by atoms with E-state index in [0.29, 0.717) is 0 Å². The van der Waals surface area contributed by atoms with Crippen molar-refractivity contribution in [3.8, 4) is 0 Å². The number of fused-ring (bicyclic) bond motifs is 1. The number of aryl methyl sites for hydroxylation is 1. The number of benzene rings is 2. The van der Waals surface area contributed by atoms with Gasteiger partial charge in [-0.15, -0.1) is 0 Å². The lowest BCUT2D eigenvalue weighted by atomic mass is 9.97. The van der Waals surface area contributed by atoms with E-state index >= 15 is 0 Å². The van der Waals surface area contributed by atoms with Gasteiger partial charge >= 0.3 is 0 Å². The molecule has 2 heteroatoms. The van der Waals surface area contributed by atoms with E-state index in [1.807, 2.05) is 30.3 Å². The Kier molecular flexibility index (Phi) is 2.71. The van der Waals surface area contributed by atoms with Crippen LogP contribution in [0.2, 0.25) is 0 Å². The van der Waals surface area contributed by atoms with Gasteiger partial charge < -0.3 is 10.8 Å². The molecule has 0 bridgehead atoms. The second-order valence-corrected chi connectivity index (χ2v) is 3.77. The fourth-order valence-corrected chi connectivity index (χ4v) is 1.89. The van der Waals surface area contributed by atoms with Crippen LogP contribution in [0.25, 0.3) is 10.8 Å². The van der Waals surface area contributed by atoms with Crippen LogP contribution in [0.3, 0.4) is 0 Å². The van der Waals surface area contributed by atoms with Gasteiger partial charge in [-0.05, 0) is 28.8 Å². The molecule has 0 aromatic heterocycles. The molecule has 0 fully saturated rings. The number of aliphatic hydroxyl groups is 1. The molecule has 0 saturated carbocycles. The van der Waals surface area contributed by atoms with Crippen molar-refractivity contribution >= 4 is 10.8 Å². The molecular formula is C13H15NO. The minimum absolute atomic E-state index is 0.257. The highest BCUT2D eigenvalue weighted by Crippen LogP contribution is 2.26. The van der Waals surface area contributed by atoms with Gasteiger partial charge in [0, 0.05) is 6.54 Å². The Morgan fingerprint density at radius 1 is 1.13 bits per heavy atom. The van der Waals surface area contributed by atoms with E-state index in [4.69, 9.17) is 5.73 Å². The van der Waals surface area contributed by atoms with Crippen LogP contribution in [0, 0.1) is 6.92 Å². The molecule has 0 amide bonds. The maximum absolute atomic E-state index is 9.79. The molecule has 3 N–H and O–H groups in total. The average molecular weight is 201 g/mol. The Balaban J connectivity index is 2.71. The summed E-state index contributed by atoms with van der Waals surface area (Å²) in [5.41, 5.74) is 7.62. The van der Waals surface area contributed by atoms with Gasteiger partial charge in [-0.2, -0.15) is 0 Å². The summed E-state index contributed by atoms with van der Waals surface area (Å²) in [5, 5.41) is 12.1. The topological polar surface area (TPSA) is 46.2 Å². The summed E-state index contributed by atoms with van der Waals surface area (Å²) >= 11 is 0. The van der Waals surface area contributed by atoms with E-state index in [0.717, 1.165) is 10.9 Å². The summed E-state index contributed by atoms with van der Waals surface area (Å²) in [6.45, 7) is 2.33. The van der Waals surface area contributed by atoms with E-state index in [-0.39, 0.29) is 6.54 Å². The monoisotopic (exact) mass is 201 g/mol. The lowest BCUT2D eigenvalue weighted by Crippen LogP contribution is -2.11. The smallest absolute Gasteiger partial charge is 0.0918 e. The maximum atomic E-state index is 9.79. The molecule has 2 aromatic rings. The van der Waals surface area contributed by atoms with Crippen LogP contribution in [0.1, 0.15) is 17.2 Å². The normalized spacial score (nSPS) is 13.0. The van der Waals surface area contributed by atoms with Crippen molar-refractivity contribution < 1.29 is 5.11 Å². The quantitative estimate of drug-likeness (QED) is 0.782. The van der Waals surface area contributed by atoms with Crippen molar-refractivity contribution in [1.29, 1.82) is 0 Å². The fourth-order valence-electron chi connectivity index (χ4n) is 1.89. The molecule has 1 atom stereocenters. The molecule has 0 spiro atoms. The zero-order chi connectivity index (χ0) is 10.8. The van der Waals surface area contributed by atoms with Gasteiger partial charge in [0.1, 0.15) is 0 Å². The molecule has 0 aliphatic heterocycles. The first-order valence-electron chi connectivity index (χ1n) is 5.10. The Hall–Kier alpha value is -1.38. The first kappa shape index (κ1) is 10.1. The molecule has 0 heterocycles. The molecule has 78 valence electrons. The van der Waals surface area contributed by atoms with Crippen LogP contribution in [0.15, 0.2) is 36.4 Å². The van der Waals surface area contributed by atoms with Gasteiger partial charge in [-0.1, -0.05) is 36.4 Å². The summed E-state index contributed by atoms with van der Waals surface area (Å²) < 4.78 is 0. The van der Waals surface area contributed by atoms with Crippen LogP contribution >= 0.6 is 0 Å². The second-order valence-electron chi connectivity index (χ2n) is 3.77. The molecule has 2 nitrogen and oxygen atoms in total. The summed E-state index contributed by atoms with van der Waals surface area (Å²) in [5.74, 6) is 0. The van der Waals surface area contributed by atoms with Crippen LogP contribution in [0.4, 0.5) is 0 Å². The SMILES string of the molecule is Cc1ccc([C@@H](O)CN)c2ccccc12. The van der Waals surface area contributed by atoms with Gasteiger partial charge in [0.15, 0.2) is 0 Å². The third kappa shape index (κ3) is 1.74. The Labute approximate surface area is 89.3 Å². The van der Waals surface area contributed by atoms with Gasteiger partial charge in [-0.25, -0.2) is 0 Å². The van der Waals surface area contributed by atoms with Crippen LogP contribution in [0.5, 0.6) is 0 Å². The van der Waals surface area contributed by atoms with Gasteiger partial charge in [0.05, 0.1) is 6.10 Å². The minimum atomic E-state index is -0.574. The molecule has 2 aromatic carbocycles. The van der Waals surface area contributed by atoms with Crippen molar-refractivity contribution in [1.82, 2.24) is 0 Å². The van der Waals surface area contributed by atoms with Crippen LogP contribution in [-0.2, 0) is 0 Å². The molecule has 0 unspecified atom stereocenters. The minimum Gasteiger partial charge on any atom is -0.387 e. The first-order valence-corrected chi connectivity index (χ1v) is 5.10. The van der Waals surface area contributed by atoms with Crippen molar-refractivity contribution in [3.63, 3.8) is 0 Å². The predicted octanol–water partition coefficient (Wildman–Crippen LogP) is 2.14. The Morgan fingerprint density at radius 3 is 2.47 bits per heavy atom. The van der Waals surface area contributed by atoms with Gasteiger partial charge in [-0.3, -0.25) is 0 Å². The largest absolute Gasteiger partial charge is 0.387 e. The maximum Gasteiger partial charge on any atom is 0.0918 e. The molecule has 15 heavy (non-hydrogen) atoms. The van der Waals surface area contributed by atoms with E-state index in [1.54, 1.807) is 0 Å². The van der Waals surface area contributed by atoms with E-state index < -0.39 is 6.10 Å². The highest BCUT2D eigenvalue weighted by Gasteiger charge is 2.09. The number of nitrogens with two attached hydrogens (primary N) is 1. The van der Waals surface area contributed by atoms with Crippen LogP contribution < -0.4 is 5.73 Å². The van der Waals surface area contributed by atoms with Crippen LogP contribution in [-0.4, -0.2) is 11.7 Å². The highest BCUT2D eigenvalue weighted by atomic mass is 16.3. The molecule has 2 rings (SSSR count). The lowest BCUT2D eigenvalue weighted by Gasteiger charge is -2.13. The summed E-state index contributed by atoms with van der Waals surface area (Å²) in [6, 6.07) is 12.1. The van der Waals surface area contributed by atoms with E-state index in [1.165, 1.54) is 10.9 Å². The van der Waals surface area contributed by atoms with E-state index in [9.17, 15) is 5.11 Å².